The molecule has 1 rings (SSSR count). The Morgan fingerprint density at radius 1 is 1.40 bits per heavy atom. The van der Waals surface area contributed by atoms with Crippen LogP contribution < -0.4 is 5.43 Å². The number of benzene rings is 1. The number of carboxylic acid groups (broad SMARTS) is 1. The highest BCUT2D eigenvalue weighted by Crippen LogP contribution is 2.25. The van der Waals surface area contributed by atoms with Crippen LogP contribution in [-0.4, -0.2) is 16.2 Å². The van der Waals surface area contributed by atoms with Gasteiger partial charge in [-0.15, -0.1) is 0 Å². The Labute approximate surface area is 100 Å². The van der Waals surface area contributed by atoms with Gasteiger partial charge in [-0.3, -0.25) is 5.43 Å². The number of rotatable bonds is 3. The van der Waals surface area contributed by atoms with Crippen molar-refractivity contribution >= 4 is 51.6 Å². The number of carboxylic acids is 1. The molecule has 0 aliphatic carbocycles. The van der Waals surface area contributed by atoms with Crippen LogP contribution in [0.4, 0.5) is 5.69 Å². The van der Waals surface area contributed by atoms with E-state index in [1.807, 2.05) is 0 Å². The number of anilines is 1. The molecular weight excluding hydrogens is 262 g/mol. The van der Waals surface area contributed by atoms with E-state index < -0.39 is 11.1 Å². The van der Waals surface area contributed by atoms with Gasteiger partial charge in [0.25, 0.3) is 0 Å². The molecule has 0 bridgehead atoms. The topological polar surface area (TPSA) is 61.7 Å². The standard InChI is InChI=1S/C8H5Cl3N2O2/c9-4-1-2-6(5(10)3-4)12-13-7(11)8(14)15/h1-3,12H,(H,14,15). The van der Waals surface area contributed by atoms with Crippen molar-refractivity contribution in [2.75, 3.05) is 5.43 Å². The van der Waals surface area contributed by atoms with Crippen LogP contribution in [-0.2, 0) is 4.79 Å². The molecule has 0 saturated heterocycles. The molecule has 0 atom stereocenters. The lowest BCUT2D eigenvalue weighted by molar-refractivity contribution is -0.129. The van der Waals surface area contributed by atoms with Gasteiger partial charge in [0, 0.05) is 5.02 Å². The van der Waals surface area contributed by atoms with Gasteiger partial charge in [-0.2, -0.15) is 5.10 Å². The highest BCUT2D eigenvalue weighted by atomic mass is 35.5. The Hall–Kier alpha value is -0.970. The minimum atomic E-state index is -1.32. The number of nitrogens with zero attached hydrogens (tertiary/aromatic N) is 1. The van der Waals surface area contributed by atoms with Crippen molar-refractivity contribution in [3.63, 3.8) is 0 Å². The summed E-state index contributed by atoms with van der Waals surface area (Å²) in [5.41, 5.74) is 2.82. The van der Waals surface area contributed by atoms with Crippen LogP contribution in [0.1, 0.15) is 0 Å². The van der Waals surface area contributed by atoms with E-state index in [1.165, 1.54) is 6.07 Å². The summed E-state index contributed by atoms with van der Waals surface area (Å²) < 4.78 is 0. The van der Waals surface area contributed by atoms with E-state index in [9.17, 15) is 4.79 Å². The lowest BCUT2D eigenvalue weighted by atomic mass is 10.3. The van der Waals surface area contributed by atoms with E-state index in [-0.39, 0.29) is 0 Å². The summed E-state index contributed by atoms with van der Waals surface area (Å²) in [6.07, 6.45) is 0. The first-order valence-corrected chi connectivity index (χ1v) is 4.81. The van der Waals surface area contributed by atoms with Gasteiger partial charge in [0.15, 0.2) is 0 Å². The van der Waals surface area contributed by atoms with Crippen LogP contribution in [0.15, 0.2) is 23.3 Å². The smallest absolute Gasteiger partial charge is 0.368 e. The lowest BCUT2D eigenvalue weighted by Gasteiger charge is -2.03. The van der Waals surface area contributed by atoms with Crippen molar-refractivity contribution in [3.05, 3.63) is 28.2 Å². The Morgan fingerprint density at radius 3 is 2.60 bits per heavy atom. The second-order valence-electron chi connectivity index (χ2n) is 2.44. The summed E-state index contributed by atoms with van der Waals surface area (Å²) in [6, 6.07) is 4.63. The molecule has 4 nitrogen and oxygen atoms in total. The molecule has 2 N–H and O–H groups in total. The zero-order valence-corrected chi connectivity index (χ0v) is 9.44. The van der Waals surface area contributed by atoms with Crippen LogP contribution in [0.5, 0.6) is 0 Å². The van der Waals surface area contributed by atoms with Crippen LogP contribution in [0, 0.1) is 0 Å². The number of hydrazone groups is 1. The Bertz CT molecular complexity index is 420. The minimum Gasteiger partial charge on any atom is -0.476 e. The summed E-state index contributed by atoms with van der Waals surface area (Å²) in [6.45, 7) is 0. The number of halogens is 3. The Kier molecular flexibility index (Phi) is 4.20. The van der Waals surface area contributed by atoms with E-state index in [2.05, 4.69) is 10.5 Å². The van der Waals surface area contributed by atoms with Crippen molar-refractivity contribution in [3.8, 4) is 0 Å². The number of hydrogen-bond donors (Lipinski definition) is 2. The summed E-state index contributed by atoms with van der Waals surface area (Å²) in [5, 5.41) is 12.0. The lowest BCUT2D eigenvalue weighted by Crippen LogP contribution is -2.07. The third-order valence-electron chi connectivity index (χ3n) is 1.38. The Morgan fingerprint density at radius 2 is 2.07 bits per heavy atom. The highest BCUT2D eigenvalue weighted by Gasteiger charge is 2.05. The fourth-order valence-electron chi connectivity index (χ4n) is 0.737. The van der Waals surface area contributed by atoms with E-state index in [4.69, 9.17) is 39.9 Å². The van der Waals surface area contributed by atoms with Crippen LogP contribution in [0.2, 0.25) is 10.0 Å². The van der Waals surface area contributed by atoms with Crippen LogP contribution in [0.25, 0.3) is 0 Å². The number of hydrogen-bond acceptors (Lipinski definition) is 3. The molecule has 1 aromatic carbocycles. The Balaban J connectivity index is 2.82. The van der Waals surface area contributed by atoms with Gasteiger partial charge in [-0.25, -0.2) is 4.79 Å². The second kappa shape index (κ2) is 5.21. The minimum absolute atomic E-state index is 0.320. The third-order valence-corrected chi connectivity index (χ3v) is 2.18. The SMILES string of the molecule is O=C(O)C(Cl)=NNc1ccc(Cl)cc1Cl. The third kappa shape index (κ3) is 3.58. The summed E-state index contributed by atoms with van der Waals surface area (Å²) >= 11 is 16.7. The van der Waals surface area contributed by atoms with Gasteiger partial charge in [-0.05, 0) is 18.2 Å². The molecular formula is C8H5Cl3N2O2. The molecule has 0 aliphatic rings. The first-order chi connectivity index (χ1) is 7.00. The molecule has 80 valence electrons. The average Bonchev–Trinajstić information content (AvgIpc) is 2.15. The molecule has 7 heteroatoms. The molecule has 0 unspecified atom stereocenters. The summed E-state index contributed by atoms with van der Waals surface area (Å²) in [7, 11) is 0. The quantitative estimate of drug-likeness (QED) is 0.653. The number of carbonyl (C=O) groups is 1. The molecule has 0 aliphatic heterocycles. The zero-order chi connectivity index (χ0) is 11.4. The van der Waals surface area contributed by atoms with E-state index in [1.54, 1.807) is 12.1 Å². The van der Waals surface area contributed by atoms with Gasteiger partial charge < -0.3 is 5.11 Å². The first kappa shape index (κ1) is 12.1. The number of aliphatic carboxylic acids is 1. The van der Waals surface area contributed by atoms with E-state index in [0.29, 0.717) is 15.7 Å². The normalized spacial score (nSPS) is 11.3. The predicted molar refractivity (Wildman–Crippen MR) is 61.0 cm³/mol. The molecule has 0 aromatic heterocycles. The molecule has 0 fully saturated rings. The van der Waals surface area contributed by atoms with Crippen LogP contribution >= 0.6 is 34.8 Å². The fourth-order valence-corrected chi connectivity index (χ4v) is 1.23. The average molecular weight is 267 g/mol. The second-order valence-corrected chi connectivity index (χ2v) is 3.65. The van der Waals surface area contributed by atoms with E-state index >= 15 is 0 Å². The van der Waals surface area contributed by atoms with Crippen LogP contribution in [0.3, 0.4) is 0 Å². The molecule has 0 amide bonds. The van der Waals surface area contributed by atoms with E-state index in [0.717, 1.165) is 0 Å². The molecule has 15 heavy (non-hydrogen) atoms. The monoisotopic (exact) mass is 266 g/mol. The fraction of sp³-hybridized carbons (Fsp3) is 0. The maximum Gasteiger partial charge on any atom is 0.368 e. The van der Waals surface area contributed by atoms with Gasteiger partial charge in [0.1, 0.15) is 0 Å². The maximum atomic E-state index is 10.3. The van der Waals surface area contributed by atoms with Crippen molar-refractivity contribution in [2.45, 2.75) is 0 Å². The van der Waals surface area contributed by atoms with Crippen molar-refractivity contribution < 1.29 is 9.90 Å². The van der Waals surface area contributed by atoms with Crippen molar-refractivity contribution in [2.24, 2.45) is 5.10 Å². The first-order valence-electron chi connectivity index (χ1n) is 3.68. The van der Waals surface area contributed by atoms with Crippen molar-refractivity contribution in [1.82, 2.24) is 0 Å². The van der Waals surface area contributed by atoms with Gasteiger partial charge in [0.05, 0.1) is 10.7 Å². The summed E-state index contributed by atoms with van der Waals surface area (Å²) in [4.78, 5) is 10.3. The van der Waals surface area contributed by atoms with Gasteiger partial charge in [0.2, 0.25) is 5.17 Å². The predicted octanol–water partition coefficient (Wildman–Crippen LogP) is 3.04. The zero-order valence-electron chi connectivity index (χ0n) is 7.17. The molecule has 0 saturated carbocycles. The van der Waals surface area contributed by atoms with Gasteiger partial charge >= 0.3 is 5.97 Å². The molecule has 1 aromatic rings. The molecule has 0 heterocycles. The molecule has 0 radical (unpaired) electrons. The largest absolute Gasteiger partial charge is 0.476 e. The van der Waals surface area contributed by atoms with Gasteiger partial charge in [-0.1, -0.05) is 34.8 Å². The summed E-state index contributed by atoms with van der Waals surface area (Å²) in [5.74, 6) is -1.32. The highest BCUT2D eigenvalue weighted by molar-refractivity contribution is 6.81. The molecule has 0 spiro atoms. The maximum absolute atomic E-state index is 10.3. The van der Waals surface area contributed by atoms with Crippen molar-refractivity contribution in [1.29, 1.82) is 0 Å². The number of nitrogens with one attached hydrogen (secondary N) is 1.